The van der Waals surface area contributed by atoms with Crippen LogP contribution in [0.15, 0.2) is 36.4 Å². The third-order valence-electron chi connectivity index (χ3n) is 7.19. The van der Waals surface area contributed by atoms with Gasteiger partial charge in [-0.15, -0.1) is 0 Å². The molecule has 40 heavy (non-hydrogen) atoms. The van der Waals surface area contributed by atoms with Crippen LogP contribution in [0.5, 0.6) is 34.5 Å². The molecule has 0 aliphatic carbocycles. The van der Waals surface area contributed by atoms with Crippen LogP contribution < -0.4 is 0 Å². The zero-order chi connectivity index (χ0) is 28.6. The first-order chi connectivity index (χ1) is 19.0. The Morgan fingerprint density at radius 2 is 0.825 bits per heavy atom. The van der Waals surface area contributed by atoms with Crippen molar-refractivity contribution in [3.05, 3.63) is 47.5 Å². The van der Waals surface area contributed by atoms with Crippen LogP contribution in [0.1, 0.15) is 50.7 Å². The number of fused-ring (bicyclic) bond motifs is 4. The molecular weight excluding hydrogens is 512 g/mol. The molecule has 2 aromatic heterocycles. The molecule has 0 aliphatic heterocycles. The first-order valence-corrected chi connectivity index (χ1v) is 12.7. The van der Waals surface area contributed by atoms with Crippen molar-refractivity contribution in [2.24, 2.45) is 0 Å². The Labute approximate surface area is 227 Å². The molecule has 0 spiro atoms. The second-order valence-corrected chi connectivity index (χ2v) is 10.5. The number of rotatable bonds is 3. The van der Waals surface area contributed by atoms with Gasteiger partial charge < -0.3 is 30.6 Å². The smallest absolute Gasteiger partial charge is 0.155 e. The second kappa shape index (κ2) is 8.70. The molecule has 6 rings (SSSR count). The highest BCUT2D eigenvalue weighted by atomic mass is 16.3. The molecule has 0 unspecified atom stereocenters. The summed E-state index contributed by atoms with van der Waals surface area (Å²) in [6.45, 7) is 7.83. The van der Waals surface area contributed by atoms with E-state index in [1.807, 2.05) is 27.7 Å². The van der Waals surface area contributed by atoms with Crippen molar-refractivity contribution in [2.75, 3.05) is 0 Å². The van der Waals surface area contributed by atoms with Crippen molar-refractivity contribution in [1.29, 1.82) is 0 Å². The Balaban J connectivity index is 1.69. The number of aromatic nitrogens is 4. The lowest BCUT2D eigenvalue weighted by Crippen LogP contribution is -1.98. The van der Waals surface area contributed by atoms with Crippen molar-refractivity contribution >= 4 is 44.1 Å². The number of aromatic hydroxyl groups is 6. The van der Waals surface area contributed by atoms with Crippen LogP contribution in [0.2, 0.25) is 0 Å². The predicted octanol–water partition coefficient (Wildman–Crippen LogP) is 6.03. The summed E-state index contributed by atoms with van der Waals surface area (Å²) in [5, 5.41) is 65.5. The molecule has 6 aromatic rings. The van der Waals surface area contributed by atoms with E-state index in [0.29, 0.717) is 11.0 Å². The van der Waals surface area contributed by atoms with Crippen LogP contribution in [0, 0.1) is 0 Å². The van der Waals surface area contributed by atoms with Crippen LogP contribution >= 0.6 is 0 Å². The first-order valence-electron chi connectivity index (χ1n) is 12.7. The molecule has 6 N–H and O–H groups in total. The maximum absolute atomic E-state index is 11.4. The van der Waals surface area contributed by atoms with Gasteiger partial charge in [-0.3, -0.25) is 0 Å². The molecule has 0 radical (unpaired) electrons. The molecule has 0 fully saturated rings. The fourth-order valence-corrected chi connectivity index (χ4v) is 5.17. The standard InChI is InChI=1S/C30H26N4O6/c1-11(2)13-5-7-17(35)27-23(13)33-25-15(31-27)9-19(37)21(29(25)39)22-20(38)10-16-26(30(22)40)34-24-14(12(3)4)6-8-18(36)28(24)32-16/h5-12,35-40H,1-4H3. The van der Waals surface area contributed by atoms with Gasteiger partial charge in [0.05, 0.1) is 33.2 Å². The van der Waals surface area contributed by atoms with Gasteiger partial charge in [0, 0.05) is 12.1 Å². The minimum atomic E-state index is -0.526. The molecule has 10 nitrogen and oxygen atoms in total. The van der Waals surface area contributed by atoms with Gasteiger partial charge in [0.15, 0.2) is 11.5 Å². The summed E-state index contributed by atoms with van der Waals surface area (Å²) in [5.41, 5.74) is 2.43. The van der Waals surface area contributed by atoms with Gasteiger partial charge in [0.1, 0.15) is 45.1 Å². The number of phenols is 6. The second-order valence-electron chi connectivity index (χ2n) is 10.5. The van der Waals surface area contributed by atoms with Crippen molar-refractivity contribution in [3.8, 4) is 45.6 Å². The molecule has 2 heterocycles. The Bertz CT molecular complexity index is 1890. The SMILES string of the molecule is CC(C)c1ccc(O)c2nc3cc(O)c(-c4c(O)cc5nc6c(O)ccc(C(C)C)c6nc5c4O)c(O)c3nc12. The summed E-state index contributed by atoms with van der Waals surface area (Å²) in [7, 11) is 0. The highest BCUT2D eigenvalue weighted by Crippen LogP contribution is 2.51. The zero-order valence-corrected chi connectivity index (χ0v) is 22.1. The van der Waals surface area contributed by atoms with Crippen molar-refractivity contribution < 1.29 is 30.6 Å². The lowest BCUT2D eigenvalue weighted by Gasteiger charge is -2.16. The van der Waals surface area contributed by atoms with E-state index in [2.05, 4.69) is 19.9 Å². The van der Waals surface area contributed by atoms with E-state index in [-0.39, 0.29) is 67.6 Å². The largest absolute Gasteiger partial charge is 0.507 e. The number of nitrogens with zero attached hydrogens (tertiary/aromatic N) is 4. The van der Waals surface area contributed by atoms with Gasteiger partial charge in [0.2, 0.25) is 0 Å². The molecule has 0 bridgehead atoms. The van der Waals surface area contributed by atoms with E-state index in [1.165, 1.54) is 24.3 Å². The van der Waals surface area contributed by atoms with Crippen molar-refractivity contribution in [3.63, 3.8) is 0 Å². The number of hydrogen-bond donors (Lipinski definition) is 6. The normalized spacial score (nSPS) is 12.1. The Kier molecular flexibility index (Phi) is 5.48. The van der Waals surface area contributed by atoms with E-state index < -0.39 is 23.0 Å². The van der Waals surface area contributed by atoms with Crippen LogP contribution in [0.3, 0.4) is 0 Å². The Morgan fingerprint density at radius 3 is 1.18 bits per heavy atom. The fraction of sp³-hybridized carbons (Fsp3) is 0.200. The highest BCUT2D eigenvalue weighted by Gasteiger charge is 2.26. The summed E-state index contributed by atoms with van der Waals surface area (Å²) in [6, 6.07) is 8.98. The fourth-order valence-electron chi connectivity index (χ4n) is 5.17. The Morgan fingerprint density at radius 1 is 0.450 bits per heavy atom. The Hall–Kier alpha value is -5.12. The van der Waals surface area contributed by atoms with Gasteiger partial charge in [-0.25, -0.2) is 19.9 Å². The lowest BCUT2D eigenvalue weighted by molar-refractivity contribution is 0.443. The molecule has 4 aromatic carbocycles. The molecule has 10 heteroatoms. The first kappa shape index (κ1) is 25.2. The quantitative estimate of drug-likeness (QED) is 0.146. The van der Waals surface area contributed by atoms with Crippen LogP contribution in [0.25, 0.3) is 55.3 Å². The average Bonchev–Trinajstić information content (AvgIpc) is 2.89. The lowest BCUT2D eigenvalue weighted by atomic mass is 9.97. The van der Waals surface area contributed by atoms with Crippen LogP contribution in [0.4, 0.5) is 0 Å². The predicted molar refractivity (Wildman–Crippen MR) is 151 cm³/mol. The third kappa shape index (κ3) is 3.56. The van der Waals surface area contributed by atoms with Crippen LogP contribution in [-0.4, -0.2) is 50.6 Å². The zero-order valence-electron chi connectivity index (χ0n) is 22.1. The maximum atomic E-state index is 11.4. The van der Waals surface area contributed by atoms with E-state index in [9.17, 15) is 30.6 Å². The summed E-state index contributed by atoms with van der Waals surface area (Å²) in [6.07, 6.45) is 0. The number of hydrogen-bond acceptors (Lipinski definition) is 10. The minimum Gasteiger partial charge on any atom is -0.507 e. The van der Waals surface area contributed by atoms with Gasteiger partial charge in [0.25, 0.3) is 0 Å². The third-order valence-corrected chi connectivity index (χ3v) is 7.19. The van der Waals surface area contributed by atoms with Gasteiger partial charge in [-0.2, -0.15) is 0 Å². The van der Waals surface area contributed by atoms with Gasteiger partial charge >= 0.3 is 0 Å². The van der Waals surface area contributed by atoms with Crippen molar-refractivity contribution in [1.82, 2.24) is 19.9 Å². The van der Waals surface area contributed by atoms with E-state index in [1.54, 1.807) is 12.1 Å². The molecule has 0 saturated heterocycles. The summed E-state index contributed by atoms with van der Waals surface area (Å²) < 4.78 is 0. The van der Waals surface area contributed by atoms with Gasteiger partial charge in [-0.1, -0.05) is 39.8 Å². The van der Waals surface area contributed by atoms with E-state index >= 15 is 0 Å². The minimum absolute atomic E-state index is 0.00306. The molecule has 0 amide bonds. The van der Waals surface area contributed by atoms with Gasteiger partial charge in [-0.05, 0) is 35.1 Å². The summed E-state index contributed by atoms with van der Waals surface area (Å²) >= 11 is 0. The number of phenolic OH excluding ortho intramolecular Hbond substituents is 6. The molecule has 0 atom stereocenters. The molecular formula is C30H26N4O6. The molecule has 202 valence electrons. The summed E-state index contributed by atoms with van der Waals surface area (Å²) in [4.78, 5) is 18.0. The maximum Gasteiger partial charge on any atom is 0.155 e. The average molecular weight is 539 g/mol. The molecule has 0 saturated carbocycles. The summed E-state index contributed by atoms with van der Waals surface area (Å²) in [5.74, 6) is -2.16. The van der Waals surface area contributed by atoms with E-state index in [0.717, 1.165) is 11.1 Å². The monoisotopic (exact) mass is 538 g/mol. The number of benzene rings is 4. The highest BCUT2D eigenvalue weighted by molar-refractivity contribution is 6.04. The van der Waals surface area contributed by atoms with E-state index in [4.69, 9.17) is 0 Å². The van der Waals surface area contributed by atoms with Crippen molar-refractivity contribution in [2.45, 2.75) is 39.5 Å². The van der Waals surface area contributed by atoms with Crippen LogP contribution in [-0.2, 0) is 0 Å². The molecule has 0 aliphatic rings. The topological polar surface area (TPSA) is 173 Å².